The second-order valence-corrected chi connectivity index (χ2v) is 3.48. The van der Waals surface area contributed by atoms with Gasteiger partial charge in [-0.1, -0.05) is 13.8 Å². The molecule has 0 aromatic rings. The van der Waals surface area contributed by atoms with Crippen molar-refractivity contribution in [1.82, 2.24) is 0 Å². The lowest BCUT2D eigenvalue weighted by molar-refractivity contribution is -0.149. The van der Waals surface area contributed by atoms with Crippen molar-refractivity contribution in [1.29, 1.82) is 0 Å². The maximum atomic E-state index is 11.2. The van der Waals surface area contributed by atoms with Gasteiger partial charge >= 0.3 is 5.97 Å². The van der Waals surface area contributed by atoms with Crippen LogP contribution < -0.4 is 0 Å². The Morgan fingerprint density at radius 3 is 2.15 bits per heavy atom. The summed E-state index contributed by atoms with van der Waals surface area (Å²) < 4.78 is 4.95. The maximum absolute atomic E-state index is 11.2. The third kappa shape index (κ3) is 3.57. The smallest absolute Gasteiger partial charge is 0.305 e. The van der Waals surface area contributed by atoms with Gasteiger partial charge in [-0.2, -0.15) is 0 Å². The summed E-state index contributed by atoms with van der Waals surface area (Å²) in [6.45, 7) is 7.20. The van der Waals surface area contributed by atoms with E-state index in [9.17, 15) is 9.59 Å². The molecule has 0 saturated carbocycles. The molecule has 0 aliphatic rings. The van der Waals surface area contributed by atoms with Crippen LogP contribution in [0, 0.1) is 5.41 Å². The second-order valence-electron chi connectivity index (χ2n) is 3.48. The summed E-state index contributed by atoms with van der Waals surface area (Å²) in [7, 11) is 0. The molecule has 13 heavy (non-hydrogen) atoms. The molecule has 0 aromatic carbocycles. The van der Waals surface area contributed by atoms with E-state index in [1.165, 1.54) is 6.92 Å². The SMILES string of the molecule is CCC(=O)OCC(C)(CC)C(C)=O. The molecule has 0 amide bonds. The van der Waals surface area contributed by atoms with Crippen LogP contribution in [0.2, 0.25) is 0 Å². The fourth-order valence-corrected chi connectivity index (χ4v) is 0.794. The van der Waals surface area contributed by atoms with Gasteiger partial charge in [0, 0.05) is 6.42 Å². The largest absolute Gasteiger partial charge is 0.465 e. The zero-order chi connectivity index (χ0) is 10.5. The zero-order valence-electron chi connectivity index (χ0n) is 8.85. The Balaban J connectivity index is 4.13. The first-order chi connectivity index (χ1) is 5.96. The summed E-state index contributed by atoms with van der Waals surface area (Å²) in [5, 5.41) is 0. The Kier molecular flexibility index (Phi) is 4.67. The van der Waals surface area contributed by atoms with Gasteiger partial charge in [0.1, 0.15) is 12.4 Å². The molecule has 0 aromatic heterocycles. The molecule has 76 valence electrons. The van der Waals surface area contributed by atoms with Gasteiger partial charge in [-0.25, -0.2) is 0 Å². The lowest BCUT2D eigenvalue weighted by Gasteiger charge is -2.24. The molecule has 0 N–H and O–H groups in total. The molecule has 0 bridgehead atoms. The van der Waals surface area contributed by atoms with Gasteiger partial charge < -0.3 is 4.74 Å². The monoisotopic (exact) mass is 186 g/mol. The Morgan fingerprint density at radius 2 is 1.85 bits per heavy atom. The minimum absolute atomic E-state index is 0.0684. The first kappa shape index (κ1) is 12.1. The fraction of sp³-hybridized carbons (Fsp3) is 0.800. The fourth-order valence-electron chi connectivity index (χ4n) is 0.794. The Hall–Kier alpha value is -0.860. The third-order valence-electron chi connectivity index (χ3n) is 2.47. The van der Waals surface area contributed by atoms with E-state index in [1.807, 2.05) is 13.8 Å². The van der Waals surface area contributed by atoms with Gasteiger partial charge in [-0.05, 0) is 20.3 Å². The number of carbonyl (C=O) groups excluding carboxylic acids is 2. The molecule has 1 unspecified atom stereocenters. The van der Waals surface area contributed by atoms with Crippen molar-refractivity contribution in [3.8, 4) is 0 Å². The number of rotatable bonds is 5. The summed E-state index contributed by atoms with van der Waals surface area (Å²) in [6.07, 6.45) is 1.05. The molecular weight excluding hydrogens is 168 g/mol. The van der Waals surface area contributed by atoms with E-state index in [2.05, 4.69) is 0 Å². The number of ether oxygens (including phenoxy) is 1. The van der Waals surface area contributed by atoms with E-state index in [0.717, 1.165) is 0 Å². The first-order valence-electron chi connectivity index (χ1n) is 4.63. The van der Waals surface area contributed by atoms with E-state index < -0.39 is 5.41 Å². The standard InChI is InChI=1S/C10H18O3/c1-5-9(12)13-7-10(4,6-2)8(3)11/h5-7H2,1-4H3. The van der Waals surface area contributed by atoms with Crippen molar-refractivity contribution in [2.24, 2.45) is 5.41 Å². The van der Waals surface area contributed by atoms with Crippen LogP contribution in [0.4, 0.5) is 0 Å². The molecule has 0 fully saturated rings. The maximum Gasteiger partial charge on any atom is 0.305 e. The predicted molar refractivity (Wildman–Crippen MR) is 50.3 cm³/mol. The van der Waals surface area contributed by atoms with Crippen LogP contribution in [0.3, 0.4) is 0 Å². The van der Waals surface area contributed by atoms with E-state index >= 15 is 0 Å². The number of ketones is 1. The number of esters is 1. The van der Waals surface area contributed by atoms with Crippen LogP contribution in [-0.2, 0) is 14.3 Å². The van der Waals surface area contributed by atoms with Crippen molar-refractivity contribution in [2.45, 2.75) is 40.5 Å². The highest BCUT2D eigenvalue weighted by atomic mass is 16.5. The third-order valence-corrected chi connectivity index (χ3v) is 2.47. The molecule has 0 aliphatic heterocycles. The average molecular weight is 186 g/mol. The zero-order valence-corrected chi connectivity index (χ0v) is 8.85. The number of hydrogen-bond donors (Lipinski definition) is 0. The van der Waals surface area contributed by atoms with Crippen molar-refractivity contribution in [3.05, 3.63) is 0 Å². The van der Waals surface area contributed by atoms with Crippen LogP contribution in [0.1, 0.15) is 40.5 Å². The first-order valence-corrected chi connectivity index (χ1v) is 4.63. The number of Topliss-reactive ketones (excluding diaryl/α,β-unsaturated/α-hetero) is 1. The van der Waals surface area contributed by atoms with E-state index in [-0.39, 0.29) is 18.4 Å². The highest BCUT2D eigenvalue weighted by molar-refractivity contribution is 5.82. The van der Waals surface area contributed by atoms with E-state index in [0.29, 0.717) is 12.8 Å². The molecule has 3 nitrogen and oxygen atoms in total. The summed E-state index contributed by atoms with van der Waals surface area (Å²) in [6, 6.07) is 0. The summed E-state index contributed by atoms with van der Waals surface area (Å²) >= 11 is 0. The minimum Gasteiger partial charge on any atom is -0.465 e. The highest BCUT2D eigenvalue weighted by Gasteiger charge is 2.29. The van der Waals surface area contributed by atoms with E-state index in [1.54, 1.807) is 6.92 Å². The molecule has 0 heterocycles. The van der Waals surface area contributed by atoms with Crippen molar-refractivity contribution < 1.29 is 14.3 Å². The molecule has 0 spiro atoms. The van der Waals surface area contributed by atoms with Crippen molar-refractivity contribution in [2.75, 3.05) is 6.61 Å². The lowest BCUT2D eigenvalue weighted by Crippen LogP contribution is -2.31. The van der Waals surface area contributed by atoms with Gasteiger partial charge in [-0.15, -0.1) is 0 Å². The average Bonchev–Trinajstić information content (AvgIpc) is 2.13. The van der Waals surface area contributed by atoms with Crippen molar-refractivity contribution >= 4 is 11.8 Å². The number of carbonyl (C=O) groups is 2. The Bertz CT molecular complexity index is 198. The predicted octanol–water partition coefficient (Wildman–Crippen LogP) is 1.94. The van der Waals surface area contributed by atoms with Gasteiger partial charge in [0.05, 0.1) is 5.41 Å². The molecule has 0 aliphatic carbocycles. The molecule has 0 rings (SSSR count). The van der Waals surface area contributed by atoms with Gasteiger partial charge in [0.15, 0.2) is 0 Å². The molecular formula is C10H18O3. The normalized spacial score (nSPS) is 14.8. The Morgan fingerprint density at radius 1 is 1.31 bits per heavy atom. The second kappa shape index (κ2) is 5.00. The Labute approximate surface area is 79.5 Å². The van der Waals surface area contributed by atoms with Crippen LogP contribution in [0.15, 0.2) is 0 Å². The molecule has 0 radical (unpaired) electrons. The van der Waals surface area contributed by atoms with Crippen LogP contribution in [0.25, 0.3) is 0 Å². The van der Waals surface area contributed by atoms with Crippen molar-refractivity contribution in [3.63, 3.8) is 0 Å². The summed E-state index contributed by atoms with van der Waals surface area (Å²) in [5.74, 6) is -0.181. The quantitative estimate of drug-likeness (QED) is 0.616. The van der Waals surface area contributed by atoms with Gasteiger partial charge in [0.25, 0.3) is 0 Å². The topological polar surface area (TPSA) is 43.4 Å². The van der Waals surface area contributed by atoms with Crippen LogP contribution >= 0.6 is 0 Å². The summed E-state index contributed by atoms with van der Waals surface area (Å²) in [5.41, 5.74) is -0.509. The molecule has 1 atom stereocenters. The van der Waals surface area contributed by atoms with E-state index in [4.69, 9.17) is 4.74 Å². The molecule has 0 saturated heterocycles. The van der Waals surface area contributed by atoms with Crippen LogP contribution in [0.5, 0.6) is 0 Å². The summed E-state index contributed by atoms with van der Waals surface area (Å²) in [4.78, 5) is 22.1. The highest BCUT2D eigenvalue weighted by Crippen LogP contribution is 2.22. The van der Waals surface area contributed by atoms with Gasteiger partial charge in [0.2, 0.25) is 0 Å². The number of hydrogen-bond acceptors (Lipinski definition) is 3. The minimum atomic E-state index is -0.509. The lowest BCUT2D eigenvalue weighted by atomic mass is 9.85. The van der Waals surface area contributed by atoms with Gasteiger partial charge in [-0.3, -0.25) is 9.59 Å². The molecule has 3 heteroatoms. The van der Waals surface area contributed by atoms with Crippen LogP contribution in [-0.4, -0.2) is 18.4 Å².